The lowest BCUT2D eigenvalue weighted by Crippen LogP contribution is -2.46. The largest absolute Gasteiger partial charge is 0.501 e. The lowest BCUT2D eigenvalue weighted by molar-refractivity contribution is 0.0515. The third-order valence-corrected chi connectivity index (χ3v) is 6.84. The highest BCUT2D eigenvalue weighted by Gasteiger charge is 2.40. The number of unbranched alkanes of at least 4 members (excludes halogenated alkanes) is 3. The highest BCUT2D eigenvalue weighted by Crippen LogP contribution is 2.20. The van der Waals surface area contributed by atoms with Crippen LogP contribution in [0, 0.1) is 0 Å². The monoisotopic (exact) mass is 362 g/mol. The fourth-order valence-corrected chi connectivity index (χ4v) is 4.85. The fourth-order valence-electron chi connectivity index (χ4n) is 2.23. The van der Waals surface area contributed by atoms with Crippen molar-refractivity contribution >= 4 is 8.80 Å². The van der Waals surface area contributed by atoms with Crippen molar-refractivity contribution in [1.29, 1.82) is 0 Å². The van der Waals surface area contributed by atoms with Gasteiger partial charge >= 0.3 is 8.80 Å². The average Bonchev–Trinajstić information content (AvgIpc) is 3.39. The summed E-state index contributed by atoms with van der Waals surface area (Å²) in [7, 11) is -2.58. The first-order valence-electron chi connectivity index (χ1n) is 9.87. The third kappa shape index (κ3) is 10.8. The molecule has 1 fully saturated rings. The number of hydrogen-bond acceptors (Lipinski definition) is 5. The molecule has 1 heterocycles. The molecule has 0 N–H and O–H groups in total. The molecule has 1 aliphatic rings. The molecule has 0 aromatic carbocycles. The Labute approximate surface area is 149 Å². The molecule has 0 bridgehead atoms. The van der Waals surface area contributed by atoms with Gasteiger partial charge in [0.1, 0.15) is 6.10 Å². The van der Waals surface area contributed by atoms with Gasteiger partial charge in [0, 0.05) is 32.5 Å². The second kappa shape index (κ2) is 14.2. The van der Waals surface area contributed by atoms with Crippen molar-refractivity contribution in [2.24, 2.45) is 0 Å². The molecule has 0 radical (unpaired) electrons. The van der Waals surface area contributed by atoms with E-state index in [0.717, 1.165) is 84.0 Å². The Morgan fingerprint density at radius 3 is 1.71 bits per heavy atom. The molecule has 0 saturated carbocycles. The molecule has 0 aliphatic carbocycles. The van der Waals surface area contributed by atoms with Crippen LogP contribution in [0.25, 0.3) is 0 Å². The van der Waals surface area contributed by atoms with Gasteiger partial charge in [-0.05, 0) is 25.7 Å². The van der Waals surface area contributed by atoms with E-state index in [1.54, 1.807) is 0 Å². The van der Waals surface area contributed by atoms with Gasteiger partial charge in [0.2, 0.25) is 0 Å². The van der Waals surface area contributed by atoms with Crippen LogP contribution in [0.2, 0.25) is 6.04 Å². The second-order valence-corrected chi connectivity index (χ2v) is 9.15. The molecular weight excluding hydrogens is 324 g/mol. The van der Waals surface area contributed by atoms with Gasteiger partial charge in [0.05, 0.1) is 13.2 Å². The zero-order valence-corrected chi connectivity index (χ0v) is 17.0. The molecule has 0 unspecified atom stereocenters. The van der Waals surface area contributed by atoms with Crippen molar-refractivity contribution in [3.05, 3.63) is 0 Å². The van der Waals surface area contributed by atoms with Crippen LogP contribution < -0.4 is 0 Å². The average molecular weight is 363 g/mol. The summed E-state index contributed by atoms with van der Waals surface area (Å²) >= 11 is 0. The molecule has 1 atom stereocenters. The Hall–Kier alpha value is 0.0169. The van der Waals surface area contributed by atoms with Crippen molar-refractivity contribution in [3.63, 3.8) is 0 Å². The van der Waals surface area contributed by atoms with Crippen LogP contribution in [0.4, 0.5) is 0 Å². The summed E-state index contributed by atoms with van der Waals surface area (Å²) in [5.74, 6) is 0. The van der Waals surface area contributed by atoms with Crippen LogP contribution in [-0.2, 0) is 22.8 Å². The van der Waals surface area contributed by atoms with E-state index in [1.807, 2.05) is 0 Å². The maximum absolute atomic E-state index is 6.22. The van der Waals surface area contributed by atoms with Gasteiger partial charge in [-0.3, -0.25) is 0 Å². The summed E-state index contributed by atoms with van der Waals surface area (Å²) in [6, 6.07) is 0.843. The molecule has 1 rings (SSSR count). The minimum absolute atomic E-state index is 0.328. The fraction of sp³-hybridized carbons (Fsp3) is 1.00. The smallest absolute Gasteiger partial charge is 0.379 e. The molecule has 1 aliphatic heterocycles. The molecule has 1 saturated heterocycles. The molecule has 0 amide bonds. The van der Waals surface area contributed by atoms with E-state index in [9.17, 15) is 0 Å². The van der Waals surface area contributed by atoms with Gasteiger partial charge in [-0.1, -0.05) is 40.0 Å². The summed E-state index contributed by atoms with van der Waals surface area (Å²) in [6.45, 7) is 11.0. The van der Waals surface area contributed by atoms with Crippen LogP contribution in [0.5, 0.6) is 0 Å². The number of rotatable bonds is 18. The quantitative estimate of drug-likeness (QED) is 0.208. The number of epoxide rings is 1. The summed E-state index contributed by atoms with van der Waals surface area (Å²) in [5.41, 5.74) is 0. The van der Waals surface area contributed by atoms with Crippen molar-refractivity contribution in [2.75, 3.05) is 39.6 Å². The van der Waals surface area contributed by atoms with Crippen LogP contribution in [0.3, 0.4) is 0 Å². The van der Waals surface area contributed by atoms with Crippen LogP contribution in [-0.4, -0.2) is 54.5 Å². The molecule has 0 aromatic heterocycles. The standard InChI is InChI=1S/C18H38O5Si/c1-4-7-12-21-24(22-13-8-5-2,23-14-9-6-3)15-10-11-19-16-18-17-20-18/h18H,4-17H2,1-3H3/t18-/m0/s1. The van der Waals surface area contributed by atoms with Crippen LogP contribution in [0.15, 0.2) is 0 Å². The molecule has 24 heavy (non-hydrogen) atoms. The third-order valence-electron chi connectivity index (χ3n) is 3.94. The van der Waals surface area contributed by atoms with Gasteiger partial charge < -0.3 is 22.8 Å². The summed E-state index contributed by atoms with van der Waals surface area (Å²) in [4.78, 5) is 0. The van der Waals surface area contributed by atoms with Crippen molar-refractivity contribution in [1.82, 2.24) is 0 Å². The van der Waals surface area contributed by atoms with Gasteiger partial charge in [0.25, 0.3) is 0 Å². The Kier molecular flexibility index (Phi) is 13.1. The summed E-state index contributed by atoms with van der Waals surface area (Å²) in [5, 5.41) is 0. The Morgan fingerprint density at radius 2 is 1.29 bits per heavy atom. The van der Waals surface area contributed by atoms with E-state index in [-0.39, 0.29) is 0 Å². The Balaban J connectivity index is 2.43. The van der Waals surface area contributed by atoms with E-state index >= 15 is 0 Å². The zero-order chi connectivity index (χ0) is 17.5. The lowest BCUT2D eigenvalue weighted by atomic mass is 10.4. The number of ether oxygens (including phenoxy) is 2. The van der Waals surface area contributed by atoms with Gasteiger partial charge in [0.15, 0.2) is 0 Å². The lowest BCUT2D eigenvalue weighted by Gasteiger charge is -2.30. The number of hydrogen-bond donors (Lipinski definition) is 0. The molecule has 0 spiro atoms. The zero-order valence-electron chi connectivity index (χ0n) is 16.0. The van der Waals surface area contributed by atoms with Crippen molar-refractivity contribution < 1.29 is 22.8 Å². The topological polar surface area (TPSA) is 49.5 Å². The summed E-state index contributed by atoms with van der Waals surface area (Å²) in [6.07, 6.45) is 7.78. The highest BCUT2D eigenvalue weighted by molar-refractivity contribution is 6.60. The Bertz CT molecular complexity index is 260. The SMILES string of the molecule is CCCCO[Si](CCCOC[C@H]1CO1)(OCCCC)OCCCC. The minimum atomic E-state index is -2.58. The molecule has 144 valence electrons. The predicted molar refractivity (Wildman–Crippen MR) is 98.3 cm³/mol. The normalized spacial score (nSPS) is 17.4. The highest BCUT2D eigenvalue weighted by atomic mass is 28.4. The van der Waals surface area contributed by atoms with Crippen LogP contribution >= 0.6 is 0 Å². The maximum Gasteiger partial charge on any atom is 0.501 e. The minimum Gasteiger partial charge on any atom is -0.379 e. The molecule has 0 aromatic rings. The van der Waals surface area contributed by atoms with Crippen LogP contribution in [0.1, 0.15) is 65.7 Å². The van der Waals surface area contributed by atoms with Gasteiger partial charge in [-0.2, -0.15) is 0 Å². The Morgan fingerprint density at radius 1 is 0.792 bits per heavy atom. The van der Waals surface area contributed by atoms with E-state index in [0.29, 0.717) is 12.7 Å². The molecular formula is C18H38O5Si. The van der Waals surface area contributed by atoms with E-state index < -0.39 is 8.80 Å². The van der Waals surface area contributed by atoms with E-state index in [2.05, 4.69) is 20.8 Å². The second-order valence-electron chi connectivity index (χ2n) is 6.42. The predicted octanol–water partition coefficient (Wildman–Crippen LogP) is 4.18. The van der Waals surface area contributed by atoms with Gasteiger partial charge in [-0.15, -0.1) is 0 Å². The van der Waals surface area contributed by atoms with Gasteiger partial charge in [-0.25, -0.2) is 0 Å². The van der Waals surface area contributed by atoms with Crippen molar-refractivity contribution in [2.45, 2.75) is 77.9 Å². The molecule has 5 nitrogen and oxygen atoms in total. The summed E-state index contributed by atoms with van der Waals surface area (Å²) < 4.78 is 29.5. The first kappa shape index (κ1) is 22.1. The van der Waals surface area contributed by atoms with E-state index in [1.165, 1.54) is 0 Å². The molecule has 6 heteroatoms. The van der Waals surface area contributed by atoms with Crippen molar-refractivity contribution in [3.8, 4) is 0 Å². The van der Waals surface area contributed by atoms with E-state index in [4.69, 9.17) is 22.8 Å². The first-order valence-corrected chi connectivity index (χ1v) is 11.8. The first-order chi connectivity index (χ1) is 11.8. The maximum atomic E-state index is 6.22.